The molecule has 0 bridgehead atoms. The van der Waals surface area contributed by atoms with E-state index in [1.807, 2.05) is 6.07 Å². The molecule has 1 aromatic rings. The summed E-state index contributed by atoms with van der Waals surface area (Å²) >= 11 is 0. The molecule has 0 aliphatic rings. The fraction of sp³-hybridized carbons (Fsp3) is 0.111. The van der Waals surface area contributed by atoms with Crippen molar-refractivity contribution in [1.29, 1.82) is 0 Å². The Bertz CT molecular complexity index is 375. The van der Waals surface area contributed by atoms with Gasteiger partial charge in [-0.3, -0.25) is 0 Å². The molecule has 2 nitrogen and oxygen atoms in total. The van der Waals surface area contributed by atoms with E-state index in [4.69, 9.17) is 5.73 Å². The van der Waals surface area contributed by atoms with Crippen molar-refractivity contribution in [2.24, 2.45) is 5.73 Å². The minimum Gasteiger partial charge on any atom is -0.362 e. The summed E-state index contributed by atoms with van der Waals surface area (Å²) in [6.07, 6.45) is 3.92. The Morgan fingerprint density at radius 3 is 2.92 bits per heavy atom. The van der Waals surface area contributed by atoms with Crippen molar-refractivity contribution in [1.82, 2.24) is 4.98 Å². The van der Waals surface area contributed by atoms with E-state index >= 15 is 0 Å². The zero-order valence-electron chi connectivity index (χ0n) is 6.68. The van der Waals surface area contributed by atoms with Crippen molar-refractivity contribution >= 4 is 12.7 Å². The van der Waals surface area contributed by atoms with E-state index in [0.717, 1.165) is 10.6 Å². The lowest BCUT2D eigenvalue weighted by atomic mass is 10.2. The van der Waals surface area contributed by atoms with Crippen LogP contribution >= 0.6 is 0 Å². The Morgan fingerprint density at radius 1 is 1.75 bits per heavy atom. The second-order valence-corrected chi connectivity index (χ2v) is 2.44. The third-order valence-electron chi connectivity index (χ3n) is 1.59. The van der Waals surface area contributed by atoms with Gasteiger partial charge in [0, 0.05) is 18.1 Å². The van der Waals surface area contributed by atoms with Gasteiger partial charge in [0.15, 0.2) is 0 Å². The summed E-state index contributed by atoms with van der Waals surface area (Å²) in [5.41, 5.74) is 5.74. The molecule has 0 aromatic carbocycles. The van der Waals surface area contributed by atoms with Crippen LogP contribution in [0.1, 0.15) is 0 Å². The van der Waals surface area contributed by atoms with Gasteiger partial charge in [0.05, 0.1) is 6.33 Å². The predicted octanol–water partition coefficient (Wildman–Crippen LogP) is 0.0176. The van der Waals surface area contributed by atoms with Gasteiger partial charge >= 0.3 is 0 Å². The van der Waals surface area contributed by atoms with E-state index < -0.39 is 0 Å². The van der Waals surface area contributed by atoms with E-state index in [9.17, 15) is 4.39 Å². The molecule has 64 valence electrons. The number of aromatic amines is 1. The molecule has 1 aromatic heterocycles. The van der Waals surface area contributed by atoms with E-state index in [0.29, 0.717) is 11.9 Å². The SMILES string of the molecule is C=c1[nH]cc/c1=C/C(=C/F)CN. The fourth-order valence-electron chi connectivity index (χ4n) is 0.886. The molecule has 3 N–H and O–H groups in total. The first-order valence-corrected chi connectivity index (χ1v) is 3.61. The smallest absolute Gasteiger partial charge is 0.0912 e. The average Bonchev–Trinajstić information content (AvgIpc) is 2.47. The third kappa shape index (κ3) is 1.83. The molecule has 0 atom stereocenters. The van der Waals surface area contributed by atoms with Gasteiger partial charge in [-0.2, -0.15) is 0 Å². The zero-order valence-corrected chi connectivity index (χ0v) is 6.68. The van der Waals surface area contributed by atoms with Gasteiger partial charge in [-0.05, 0) is 22.9 Å². The van der Waals surface area contributed by atoms with Crippen LogP contribution in [0, 0.1) is 0 Å². The Kier molecular flexibility index (Phi) is 2.82. The molecule has 0 aliphatic carbocycles. The third-order valence-corrected chi connectivity index (χ3v) is 1.59. The van der Waals surface area contributed by atoms with Crippen LogP contribution in [0.5, 0.6) is 0 Å². The highest BCUT2D eigenvalue weighted by Crippen LogP contribution is 1.92. The largest absolute Gasteiger partial charge is 0.362 e. The van der Waals surface area contributed by atoms with Crippen LogP contribution in [0.25, 0.3) is 12.7 Å². The number of H-pyrrole nitrogens is 1. The van der Waals surface area contributed by atoms with Gasteiger partial charge in [-0.1, -0.05) is 6.58 Å². The first-order chi connectivity index (χ1) is 5.77. The Morgan fingerprint density at radius 2 is 2.50 bits per heavy atom. The number of hydrogen-bond acceptors (Lipinski definition) is 1. The summed E-state index contributed by atoms with van der Waals surface area (Å²) < 4.78 is 12.1. The molecule has 0 saturated heterocycles. The highest BCUT2D eigenvalue weighted by Gasteiger charge is 1.88. The van der Waals surface area contributed by atoms with Crippen LogP contribution in [0.4, 0.5) is 4.39 Å². The van der Waals surface area contributed by atoms with Gasteiger partial charge in [-0.15, -0.1) is 0 Å². The highest BCUT2D eigenvalue weighted by molar-refractivity contribution is 5.46. The number of aromatic nitrogens is 1. The summed E-state index contributed by atoms with van der Waals surface area (Å²) in [7, 11) is 0. The fourth-order valence-corrected chi connectivity index (χ4v) is 0.886. The number of nitrogens with one attached hydrogen (secondary N) is 1. The van der Waals surface area contributed by atoms with Crippen LogP contribution in [0.2, 0.25) is 0 Å². The van der Waals surface area contributed by atoms with Gasteiger partial charge in [0.25, 0.3) is 0 Å². The monoisotopic (exact) mass is 166 g/mol. The first-order valence-electron chi connectivity index (χ1n) is 3.61. The molecule has 1 heterocycles. The standard InChI is InChI=1S/C9H11FN2/c1-7-9(2-3-12-7)4-8(5-10)6-11/h2-5,12H,1,6,11H2/b8-5-,9-4-. The van der Waals surface area contributed by atoms with Crippen molar-refractivity contribution in [3.05, 3.63) is 34.7 Å². The lowest BCUT2D eigenvalue weighted by molar-refractivity contribution is 0.712. The van der Waals surface area contributed by atoms with Crippen LogP contribution < -0.4 is 16.3 Å². The zero-order chi connectivity index (χ0) is 8.97. The summed E-state index contributed by atoms with van der Waals surface area (Å²) in [5, 5.41) is 1.63. The Hall–Kier alpha value is -1.35. The van der Waals surface area contributed by atoms with Gasteiger partial charge in [0.2, 0.25) is 0 Å². The molecular formula is C9H11FN2. The number of halogens is 1. The summed E-state index contributed by atoms with van der Waals surface area (Å²) in [4.78, 5) is 2.89. The molecule has 0 saturated carbocycles. The van der Waals surface area contributed by atoms with E-state index in [1.165, 1.54) is 0 Å². The van der Waals surface area contributed by atoms with Gasteiger partial charge in [-0.25, -0.2) is 4.39 Å². The normalized spacial score (nSPS) is 13.8. The molecular weight excluding hydrogens is 155 g/mol. The summed E-state index contributed by atoms with van der Waals surface area (Å²) in [6.45, 7) is 3.92. The lowest BCUT2D eigenvalue weighted by Crippen LogP contribution is -2.20. The number of hydrogen-bond donors (Lipinski definition) is 2. The number of nitrogens with two attached hydrogens (primary N) is 1. The summed E-state index contributed by atoms with van der Waals surface area (Å²) in [6, 6.07) is 1.82. The van der Waals surface area contributed by atoms with E-state index in [-0.39, 0.29) is 6.54 Å². The van der Waals surface area contributed by atoms with Crippen molar-refractivity contribution in [2.45, 2.75) is 0 Å². The molecule has 0 fully saturated rings. The number of rotatable bonds is 2. The van der Waals surface area contributed by atoms with Gasteiger partial charge < -0.3 is 10.7 Å². The maximum atomic E-state index is 12.1. The first kappa shape index (κ1) is 8.74. The summed E-state index contributed by atoms with van der Waals surface area (Å²) in [5.74, 6) is 0. The average molecular weight is 166 g/mol. The molecule has 0 spiro atoms. The van der Waals surface area contributed by atoms with Crippen LogP contribution in [0.15, 0.2) is 24.2 Å². The van der Waals surface area contributed by atoms with Crippen LogP contribution in [-0.4, -0.2) is 11.5 Å². The van der Waals surface area contributed by atoms with Crippen LogP contribution in [-0.2, 0) is 0 Å². The maximum absolute atomic E-state index is 12.1. The highest BCUT2D eigenvalue weighted by atomic mass is 19.1. The molecule has 0 amide bonds. The van der Waals surface area contributed by atoms with E-state index in [2.05, 4.69) is 11.6 Å². The maximum Gasteiger partial charge on any atom is 0.0912 e. The minimum atomic E-state index is 0.196. The molecule has 0 unspecified atom stereocenters. The van der Waals surface area contributed by atoms with Gasteiger partial charge in [0.1, 0.15) is 0 Å². The molecule has 3 heteroatoms. The molecule has 12 heavy (non-hydrogen) atoms. The Labute approximate surface area is 69.9 Å². The van der Waals surface area contributed by atoms with Crippen molar-refractivity contribution in [3.8, 4) is 0 Å². The van der Waals surface area contributed by atoms with Crippen molar-refractivity contribution < 1.29 is 4.39 Å². The molecule has 0 aliphatic heterocycles. The predicted molar refractivity (Wildman–Crippen MR) is 48.3 cm³/mol. The second kappa shape index (κ2) is 3.88. The van der Waals surface area contributed by atoms with E-state index in [1.54, 1.807) is 12.3 Å². The van der Waals surface area contributed by atoms with Crippen molar-refractivity contribution in [3.63, 3.8) is 0 Å². The topological polar surface area (TPSA) is 41.8 Å². The molecule has 0 radical (unpaired) electrons. The second-order valence-electron chi connectivity index (χ2n) is 2.44. The van der Waals surface area contributed by atoms with Crippen LogP contribution in [0.3, 0.4) is 0 Å². The van der Waals surface area contributed by atoms with Crippen molar-refractivity contribution in [2.75, 3.05) is 6.54 Å². The minimum absolute atomic E-state index is 0.196. The quantitative estimate of drug-likeness (QED) is 0.639. The Balaban J connectivity index is 3.13. The molecule has 1 rings (SSSR count). The lowest BCUT2D eigenvalue weighted by Gasteiger charge is -1.89.